The van der Waals surface area contributed by atoms with Gasteiger partial charge in [-0.2, -0.15) is 0 Å². The van der Waals surface area contributed by atoms with Gasteiger partial charge in [0.15, 0.2) is 4.47 Å². The summed E-state index contributed by atoms with van der Waals surface area (Å²) in [6, 6.07) is 0. The summed E-state index contributed by atoms with van der Waals surface area (Å²) in [6.45, 7) is 3.06. The number of halogens is 1. The van der Waals surface area contributed by atoms with Crippen molar-refractivity contribution in [3.8, 4) is 0 Å². The summed E-state index contributed by atoms with van der Waals surface area (Å²) in [5, 5.41) is 0. The van der Waals surface area contributed by atoms with E-state index in [0.717, 1.165) is 19.6 Å². The topological polar surface area (TPSA) is 19.4 Å². The van der Waals surface area contributed by atoms with Gasteiger partial charge in [-0.1, -0.05) is 11.6 Å². The van der Waals surface area contributed by atoms with Crippen LogP contribution in [0.15, 0.2) is 6.20 Å². The minimum absolute atomic E-state index is 0.626. The summed E-state index contributed by atoms with van der Waals surface area (Å²) >= 11 is 7.30. The molecule has 80 valence electrons. The van der Waals surface area contributed by atoms with E-state index in [2.05, 4.69) is 35.9 Å². The zero-order valence-electron chi connectivity index (χ0n) is 8.83. The third-order valence-electron chi connectivity index (χ3n) is 1.88. The lowest BCUT2D eigenvalue weighted by Crippen LogP contribution is -2.28. The summed E-state index contributed by atoms with van der Waals surface area (Å²) in [7, 11) is 6.27. The molecule has 14 heavy (non-hydrogen) atoms. The van der Waals surface area contributed by atoms with Crippen molar-refractivity contribution in [2.24, 2.45) is 0 Å². The van der Waals surface area contributed by atoms with Crippen LogP contribution in [0.1, 0.15) is 4.88 Å². The van der Waals surface area contributed by atoms with E-state index in [9.17, 15) is 0 Å². The first-order valence-corrected chi connectivity index (χ1v) is 5.71. The van der Waals surface area contributed by atoms with Gasteiger partial charge >= 0.3 is 0 Å². The van der Waals surface area contributed by atoms with Crippen molar-refractivity contribution in [2.75, 3.05) is 34.2 Å². The molecular weight excluding hydrogens is 218 g/mol. The van der Waals surface area contributed by atoms with Crippen molar-refractivity contribution in [3.05, 3.63) is 15.5 Å². The third-order valence-corrected chi connectivity index (χ3v) is 2.98. The summed E-state index contributed by atoms with van der Waals surface area (Å²) < 4.78 is 0.626. The van der Waals surface area contributed by atoms with Crippen molar-refractivity contribution in [3.63, 3.8) is 0 Å². The average molecular weight is 234 g/mol. The monoisotopic (exact) mass is 233 g/mol. The summed E-state index contributed by atoms with van der Waals surface area (Å²) in [5.41, 5.74) is 0. The number of rotatable bonds is 5. The van der Waals surface area contributed by atoms with Gasteiger partial charge in [0.05, 0.1) is 0 Å². The van der Waals surface area contributed by atoms with Crippen LogP contribution in [0.5, 0.6) is 0 Å². The van der Waals surface area contributed by atoms with Crippen LogP contribution in [0.25, 0.3) is 0 Å². The average Bonchev–Trinajstić information content (AvgIpc) is 2.48. The van der Waals surface area contributed by atoms with Crippen LogP contribution < -0.4 is 0 Å². The van der Waals surface area contributed by atoms with E-state index in [1.165, 1.54) is 4.88 Å². The van der Waals surface area contributed by atoms with Gasteiger partial charge < -0.3 is 4.90 Å². The Bertz CT molecular complexity index is 275. The number of hydrogen-bond acceptors (Lipinski definition) is 4. The van der Waals surface area contributed by atoms with Crippen molar-refractivity contribution in [1.82, 2.24) is 14.8 Å². The zero-order valence-corrected chi connectivity index (χ0v) is 10.4. The van der Waals surface area contributed by atoms with Gasteiger partial charge in [-0.25, -0.2) is 4.98 Å². The molecule has 0 aliphatic heterocycles. The number of likely N-dealkylation sites (N-methyl/N-ethyl adjacent to an activating group) is 2. The summed E-state index contributed by atoms with van der Waals surface area (Å²) in [5.74, 6) is 0. The Morgan fingerprint density at radius 1 is 1.36 bits per heavy atom. The predicted molar refractivity (Wildman–Crippen MR) is 62.0 cm³/mol. The highest BCUT2D eigenvalue weighted by molar-refractivity contribution is 7.15. The first-order chi connectivity index (χ1) is 6.58. The second-order valence-electron chi connectivity index (χ2n) is 3.62. The fraction of sp³-hybridized carbons (Fsp3) is 0.667. The highest BCUT2D eigenvalue weighted by atomic mass is 35.5. The molecular formula is C9H16ClN3S. The molecule has 0 radical (unpaired) electrons. The van der Waals surface area contributed by atoms with Gasteiger partial charge in [-0.05, 0) is 21.1 Å². The minimum atomic E-state index is 0.626. The van der Waals surface area contributed by atoms with E-state index in [0.29, 0.717) is 4.47 Å². The summed E-state index contributed by atoms with van der Waals surface area (Å²) in [4.78, 5) is 9.67. The molecule has 0 spiro atoms. The Balaban J connectivity index is 2.30. The Morgan fingerprint density at radius 3 is 2.57 bits per heavy atom. The molecule has 0 saturated carbocycles. The molecule has 0 fully saturated rings. The smallest absolute Gasteiger partial charge is 0.183 e. The van der Waals surface area contributed by atoms with Crippen LogP contribution in [0.2, 0.25) is 4.47 Å². The fourth-order valence-corrected chi connectivity index (χ4v) is 2.13. The molecule has 0 unspecified atom stereocenters. The van der Waals surface area contributed by atoms with Crippen molar-refractivity contribution in [2.45, 2.75) is 6.54 Å². The van der Waals surface area contributed by atoms with Crippen LogP contribution in [0.3, 0.4) is 0 Å². The molecule has 1 aromatic rings. The van der Waals surface area contributed by atoms with Gasteiger partial charge in [0.1, 0.15) is 0 Å². The standard InChI is InChI=1S/C9H16ClN3S/c1-12(2)4-5-13(3)7-8-6-11-9(10)14-8/h6H,4-5,7H2,1-3H3. The molecule has 0 atom stereocenters. The molecule has 0 aliphatic rings. The van der Waals surface area contributed by atoms with E-state index in [4.69, 9.17) is 11.6 Å². The highest BCUT2D eigenvalue weighted by Crippen LogP contribution is 2.18. The molecule has 0 N–H and O–H groups in total. The number of hydrogen-bond donors (Lipinski definition) is 0. The second kappa shape index (κ2) is 5.66. The predicted octanol–water partition coefficient (Wildman–Crippen LogP) is 1.79. The van der Waals surface area contributed by atoms with E-state index >= 15 is 0 Å². The number of nitrogens with zero attached hydrogens (tertiary/aromatic N) is 3. The van der Waals surface area contributed by atoms with Crippen molar-refractivity contribution >= 4 is 22.9 Å². The normalized spacial score (nSPS) is 11.6. The zero-order chi connectivity index (χ0) is 10.6. The molecule has 1 rings (SSSR count). The Labute approximate surface area is 94.3 Å². The SMILES string of the molecule is CN(C)CCN(C)Cc1cnc(Cl)s1. The van der Waals surface area contributed by atoms with Gasteiger partial charge in [0.25, 0.3) is 0 Å². The van der Waals surface area contributed by atoms with E-state index in [-0.39, 0.29) is 0 Å². The lowest BCUT2D eigenvalue weighted by Gasteiger charge is -2.18. The molecule has 5 heteroatoms. The maximum Gasteiger partial charge on any atom is 0.183 e. The Kier molecular flexibility index (Phi) is 4.81. The third kappa shape index (κ3) is 4.37. The first-order valence-electron chi connectivity index (χ1n) is 4.51. The minimum Gasteiger partial charge on any atom is -0.308 e. The molecule has 0 saturated heterocycles. The van der Waals surface area contributed by atoms with Crippen LogP contribution in [-0.4, -0.2) is 49.0 Å². The quantitative estimate of drug-likeness (QED) is 0.773. The fourth-order valence-electron chi connectivity index (χ4n) is 1.07. The largest absolute Gasteiger partial charge is 0.308 e. The highest BCUT2D eigenvalue weighted by Gasteiger charge is 2.04. The van der Waals surface area contributed by atoms with Gasteiger partial charge in [-0.15, -0.1) is 11.3 Å². The lowest BCUT2D eigenvalue weighted by atomic mass is 10.4. The van der Waals surface area contributed by atoms with Crippen molar-refractivity contribution < 1.29 is 0 Å². The Hall–Kier alpha value is -0.160. The molecule has 1 aromatic heterocycles. The van der Waals surface area contributed by atoms with E-state index < -0.39 is 0 Å². The van der Waals surface area contributed by atoms with E-state index in [1.807, 2.05) is 6.20 Å². The number of thiazole rings is 1. The molecule has 0 amide bonds. The lowest BCUT2D eigenvalue weighted by molar-refractivity contribution is 0.278. The van der Waals surface area contributed by atoms with Gasteiger partial charge in [0.2, 0.25) is 0 Å². The number of aromatic nitrogens is 1. The maximum atomic E-state index is 5.75. The molecule has 3 nitrogen and oxygen atoms in total. The Morgan fingerprint density at radius 2 is 2.07 bits per heavy atom. The summed E-state index contributed by atoms with van der Waals surface area (Å²) in [6.07, 6.45) is 1.85. The van der Waals surface area contributed by atoms with Crippen LogP contribution in [0.4, 0.5) is 0 Å². The molecule has 0 aliphatic carbocycles. The van der Waals surface area contributed by atoms with Gasteiger partial charge in [0, 0.05) is 30.7 Å². The van der Waals surface area contributed by atoms with Crippen molar-refractivity contribution in [1.29, 1.82) is 0 Å². The van der Waals surface area contributed by atoms with Crippen LogP contribution >= 0.6 is 22.9 Å². The van der Waals surface area contributed by atoms with Gasteiger partial charge in [-0.3, -0.25) is 4.90 Å². The second-order valence-corrected chi connectivity index (χ2v) is 5.32. The first kappa shape index (κ1) is 11.9. The molecule has 1 heterocycles. The maximum absolute atomic E-state index is 5.75. The molecule has 0 aromatic carbocycles. The van der Waals surface area contributed by atoms with E-state index in [1.54, 1.807) is 11.3 Å². The molecule has 0 bridgehead atoms. The van der Waals surface area contributed by atoms with Crippen LogP contribution in [-0.2, 0) is 6.54 Å². The van der Waals surface area contributed by atoms with Crippen LogP contribution in [0, 0.1) is 0 Å².